The van der Waals surface area contributed by atoms with Gasteiger partial charge in [0.15, 0.2) is 5.84 Å². The van der Waals surface area contributed by atoms with Gasteiger partial charge in [0.05, 0.1) is 23.7 Å². The summed E-state index contributed by atoms with van der Waals surface area (Å²) in [6.07, 6.45) is -1.93. The highest BCUT2D eigenvalue weighted by atomic mass is 35.5. The molecule has 0 saturated carbocycles. The molecule has 5 unspecified atom stereocenters. The van der Waals surface area contributed by atoms with Crippen molar-refractivity contribution in [3.8, 4) is 12.3 Å². The molecule has 0 spiro atoms. The molecule has 0 bridgehead atoms. The maximum atomic E-state index is 14.5. The minimum atomic E-state index is -4.77. The Labute approximate surface area is 242 Å². The number of aliphatic hydroxyl groups is 1. The molecule has 8 nitrogen and oxygen atoms in total. The van der Waals surface area contributed by atoms with Gasteiger partial charge in [-0.1, -0.05) is 11.6 Å². The van der Waals surface area contributed by atoms with E-state index >= 15 is 0 Å². The minimum Gasteiger partial charge on any atom is -0.404 e. The maximum Gasteiger partial charge on any atom is 0.418 e. The topological polar surface area (TPSA) is 128 Å². The zero-order valence-corrected chi connectivity index (χ0v) is 22.7. The van der Waals surface area contributed by atoms with Gasteiger partial charge in [0.2, 0.25) is 0 Å². The Morgan fingerprint density at radius 1 is 1.24 bits per heavy atom. The molecule has 2 saturated heterocycles. The zero-order chi connectivity index (χ0) is 30.8. The van der Waals surface area contributed by atoms with Crippen LogP contribution in [0.5, 0.6) is 0 Å². The third kappa shape index (κ3) is 6.63. The van der Waals surface area contributed by atoms with Crippen molar-refractivity contribution in [3.05, 3.63) is 69.9 Å². The molecule has 222 valence electrons. The lowest BCUT2D eigenvalue weighted by Gasteiger charge is -2.48. The molecule has 0 aliphatic carbocycles. The van der Waals surface area contributed by atoms with E-state index in [1.807, 2.05) is 0 Å². The Morgan fingerprint density at radius 2 is 1.93 bits per heavy atom. The smallest absolute Gasteiger partial charge is 0.404 e. The van der Waals surface area contributed by atoms with Crippen LogP contribution in [0.1, 0.15) is 23.6 Å². The molecule has 2 aromatic rings. The van der Waals surface area contributed by atoms with Gasteiger partial charge in [0.1, 0.15) is 42.1 Å². The quantitative estimate of drug-likeness (QED) is 0.196. The average molecular weight is 610 g/mol. The summed E-state index contributed by atoms with van der Waals surface area (Å²) in [6.45, 7) is 1.47. The van der Waals surface area contributed by atoms with Crippen LogP contribution in [-0.2, 0) is 22.1 Å². The molecule has 2 aromatic carbocycles. The largest absolute Gasteiger partial charge is 0.418 e. The number of rotatable bonds is 6. The van der Waals surface area contributed by atoms with Crippen LogP contribution in [0.2, 0.25) is 5.02 Å². The molecule has 0 amide bonds. The number of fused-ring (bicyclic) bond motifs is 1. The van der Waals surface area contributed by atoms with Gasteiger partial charge in [-0.2, -0.15) is 13.2 Å². The maximum absolute atomic E-state index is 14.5. The Morgan fingerprint density at radius 3 is 2.48 bits per heavy atom. The standard InChI is InChI=1S/C28H25ClF5N5O3/c1-3-4-17-19(30)7-14(8-20(17)31)15(10-35)11-37-23-24(40)26(42-22-12-41-25(22)23)27(38-13(2)36)39-21-9-16(29)5-6-18(21)28(32,33)34/h1,5-11,22-26,40H,4,12,35H2,2H3,(H2,36,38,39)/b15-10+,37-11?. The van der Waals surface area contributed by atoms with Crippen LogP contribution in [0.4, 0.5) is 27.6 Å². The second-order valence-electron chi connectivity index (χ2n) is 9.46. The van der Waals surface area contributed by atoms with E-state index in [9.17, 15) is 27.1 Å². The lowest BCUT2D eigenvalue weighted by atomic mass is 9.89. The molecular formula is C28H25ClF5N5O3. The molecule has 5 atom stereocenters. The number of aliphatic hydroxyl groups excluding tert-OH is 1. The lowest BCUT2D eigenvalue weighted by molar-refractivity contribution is -0.255. The number of terminal acetylenes is 1. The van der Waals surface area contributed by atoms with Gasteiger partial charge in [-0.15, -0.1) is 12.3 Å². The van der Waals surface area contributed by atoms with Crippen molar-refractivity contribution in [2.24, 2.45) is 26.4 Å². The Hall–Kier alpha value is -3.83. The summed E-state index contributed by atoms with van der Waals surface area (Å²) in [7, 11) is 0. The predicted octanol–water partition coefficient (Wildman–Crippen LogP) is 4.19. The predicted molar refractivity (Wildman–Crippen MR) is 149 cm³/mol. The molecule has 2 fully saturated rings. The highest BCUT2D eigenvalue weighted by molar-refractivity contribution is 6.30. The summed E-state index contributed by atoms with van der Waals surface area (Å²) in [4.78, 5) is 12.5. The second-order valence-corrected chi connectivity index (χ2v) is 9.89. The molecule has 42 heavy (non-hydrogen) atoms. The molecule has 2 aliphatic heterocycles. The first-order chi connectivity index (χ1) is 19.8. The fourth-order valence-corrected chi connectivity index (χ4v) is 4.63. The highest BCUT2D eigenvalue weighted by Gasteiger charge is 2.52. The van der Waals surface area contributed by atoms with Crippen LogP contribution in [0.3, 0.4) is 0 Å². The third-order valence-corrected chi connectivity index (χ3v) is 6.74. The summed E-state index contributed by atoms with van der Waals surface area (Å²) in [6, 6.07) is 3.85. The van der Waals surface area contributed by atoms with Gasteiger partial charge >= 0.3 is 6.18 Å². The fourth-order valence-electron chi connectivity index (χ4n) is 4.46. The molecule has 14 heteroatoms. The van der Waals surface area contributed by atoms with Crippen molar-refractivity contribution < 1.29 is 36.5 Å². The van der Waals surface area contributed by atoms with Gasteiger partial charge in [-0.3, -0.25) is 4.99 Å². The van der Waals surface area contributed by atoms with E-state index in [1.165, 1.54) is 13.1 Å². The van der Waals surface area contributed by atoms with Gasteiger partial charge in [-0.05, 0) is 42.8 Å². The van der Waals surface area contributed by atoms with Crippen molar-refractivity contribution in [3.63, 3.8) is 0 Å². The number of nitrogens with two attached hydrogens (primary N) is 2. The number of hydrogen-bond donors (Lipinski definition) is 3. The van der Waals surface area contributed by atoms with Crippen LogP contribution in [0, 0.1) is 24.0 Å². The van der Waals surface area contributed by atoms with Crippen molar-refractivity contribution in [1.29, 1.82) is 0 Å². The number of benzene rings is 2. The number of ether oxygens (including phenoxy) is 2. The van der Waals surface area contributed by atoms with E-state index in [0.717, 1.165) is 36.5 Å². The molecule has 0 aromatic heterocycles. The summed E-state index contributed by atoms with van der Waals surface area (Å²) < 4.78 is 81.5. The summed E-state index contributed by atoms with van der Waals surface area (Å²) in [5, 5.41) is 11.3. The summed E-state index contributed by atoms with van der Waals surface area (Å²) in [5.74, 6) is 0.00154. The van der Waals surface area contributed by atoms with Gasteiger partial charge in [0, 0.05) is 35.0 Å². The molecule has 5 N–H and O–H groups in total. The molecule has 2 aliphatic rings. The fraction of sp³-hybridized carbons (Fsp3) is 0.321. The number of hydrogen-bond acceptors (Lipinski definition) is 6. The van der Waals surface area contributed by atoms with E-state index in [4.69, 9.17) is 39.0 Å². The van der Waals surface area contributed by atoms with E-state index < -0.39 is 59.5 Å². The number of halogens is 6. The number of nitrogens with zero attached hydrogens (tertiary/aromatic N) is 3. The summed E-state index contributed by atoms with van der Waals surface area (Å²) in [5.41, 5.74) is 9.65. The number of amidine groups is 2. The summed E-state index contributed by atoms with van der Waals surface area (Å²) >= 11 is 5.94. The zero-order valence-electron chi connectivity index (χ0n) is 21.9. The second kappa shape index (κ2) is 12.6. The van der Waals surface area contributed by atoms with Gasteiger partial charge in [0.25, 0.3) is 0 Å². The van der Waals surface area contributed by atoms with Gasteiger partial charge < -0.3 is 26.0 Å². The molecule has 0 radical (unpaired) electrons. The first kappa shape index (κ1) is 31.1. The van der Waals surface area contributed by atoms with Crippen LogP contribution in [-0.4, -0.2) is 60.1 Å². The Balaban J connectivity index is 1.71. The monoisotopic (exact) mass is 609 g/mol. The van der Waals surface area contributed by atoms with E-state index in [0.29, 0.717) is 0 Å². The van der Waals surface area contributed by atoms with Crippen LogP contribution in [0.25, 0.3) is 5.57 Å². The molecular weight excluding hydrogens is 585 g/mol. The van der Waals surface area contributed by atoms with Crippen LogP contribution >= 0.6 is 11.6 Å². The first-order valence-electron chi connectivity index (χ1n) is 12.4. The van der Waals surface area contributed by atoms with Crippen molar-refractivity contribution in [2.45, 2.75) is 50.0 Å². The molecule has 4 rings (SSSR count). The lowest BCUT2D eigenvalue weighted by Crippen LogP contribution is -2.66. The van der Waals surface area contributed by atoms with Gasteiger partial charge in [-0.25, -0.2) is 18.8 Å². The van der Waals surface area contributed by atoms with Crippen molar-refractivity contribution >= 4 is 40.7 Å². The Kier molecular flexibility index (Phi) is 9.32. The van der Waals surface area contributed by atoms with Crippen molar-refractivity contribution in [1.82, 2.24) is 0 Å². The van der Waals surface area contributed by atoms with E-state index in [-0.39, 0.29) is 46.4 Å². The molecule has 2 heterocycles. The Bertz CT molecular complexity index is 1490. The van der Waals surface area contributed by atoms with Crippen LogP contribution in [0.15, 0.2) is 51.5 Å². The third-order valence-electron chi connectivity index (χ3n) is 6.50. The first-order valence-corrected chi connectivity index (χ1v) is 12.8. The number of allylic oxidation sites excluding steroid dienone is 1. The van der Waals surface area contributed by atoms with E-state index in [2.05, 4.69) is 20.9 Å². The highest BCUT2D eigenvalue weighted by Crippen LogP contribution is 2.39. The average Bonchev–Trinajstić information content (AvgIpc) is 2.88. The number of alkyl halides is 3. The van der Waals surface area contributed by atoms with Crippen molar-refractivity contribution in [2.75, 3.05) is 6.61 Å². The SMILES string of the molecule is C#CCc1c(F)cc(/C(C=NC2C(O)C(C(N=C(C)N)=Nc3cc(Cl)ccc3C(F)(F)F)OC3COC32)=C/N)cc1F. The number of aliphatic imine (C=N–C) groups is 3. The minimum absolute atomic E-state index is 0.0177. The van der Waals surface area contributed by atoms with Crippen LogP contribution < -0.4 is 11.5 Å². The van der Waals surface area contributed by atoms with E-state index in [1.54, 1.807) is 0 Å². The normalized spacial score (nSPS) is 25.2.